The molecule has 0 spiro atoms. The Morgan fingerprint density at radius 2 is 1.89 bits per heavy atom. The van der Waals surface area contributed by atoms with Crippen LogP contribution < -0.4 is 4.90 Å². The monoisotopic (exact) mass is 282 g/mol. The number of benzene rings is 1. The zero-order chi connectivity index (χ0) is 13.3. The highest BCUT2D eigenvalue weighted by Crippen LogP contribution is 2.17. The van der Waals surface area contributed by atoms with Crippen LogP contribution in [0.4, 0.5) is 0 Å². The third kappa shape index (κ3) is 5.95. The van der Waals surface area contributed by atoms with Crippen molar-refractivity contribution < 1.29 is 14.4 Å². The van der Waals surface area contributed by atoms with Crippen LogP contribution in [0.15, 0.2) is 29.2 Å². The van der Waals surface area contributed by atoms with E-state index in [-0.39, 0.29) is 0 Å². The van der Waals surface area contributed by atoms with Crippen molar-refractivity contribution in [1.29, 1.82) is 0 Å². The summed E-state index contributed by atoms with van der Waals surface area (Å²) in [5, 5.41) is 0. The van der Waals surface area contributed by atoms with Gasteiger partial charge in [-0.2, -0.15) is 0 Å². The number of quaternary nitrogens is 1. The van der Waals surface area contributed by atoms with Crippen molar-refractivity contribution in [3.8, 4) is 0 Å². The third-order valence-corrected chi connectivity index (χ3v) is 4.29. The molecule has 0 saturated carbocycles. The van der Waals surface area contributed by atoms with E-state index in [1.165, 1.54) is 10.5 Å². The maximum atomic E-state index is 5.70. The molecule has 1 aliphatic rings. The predicted octanol–water partition coefficient (Wildman–Crippen LogP) is 1.02. The Morgan fingerprint density at radius 1 is 1.16 bits per heavy atom. The fourth-order valence-corrected chi connectivity index (χ4v) is 2.85. The summed E-state index contributed by atoms with van der Waals surface area (Å²) in [4.78, 5) is 2.94. The van der Waals surface area contributed by atoms with Gasteiger partial charge in [0.2, 0.25) is 0 Å². The summed E-state index contributed by atoms with van der Waals surface area (Å²) in [6.07, 6.45) is 0. The van der Waals surface area contributed by atoms with Gasteiger partial charge < -0.3 is 14.4 Å². The first-order valence-electron chi connectivity index (χ1n) is 7.03. The van der Waals surface area contributed by atoms with Crippen LogP contribution in [0.3, 0.4) is 0 Å². The van der Waals surface area contributed by atoms with Crippen molar-refractivity contribution in [3.63, 3.8) is 0 Å². The van der Waals surface area contributed by atoms with Gasteiger partial charge in [-0.1, -0.05) is 17.7 Å². The molecule has 0 aliphatic carbocycles. The molecule has 0 unspecified atom stereocenters. The zero-order valence-corrected chi connectivity index (χ0v) is 12.5. The van der Waals surface area contributed by atoms with Gasteiger partial charge in [0.15, 0.2) is 0 Å². The summed E-state index contributed by atoms with van der Waals surface area (Å²) in [5.74, 6) is 1.03. The largest absolute Gasteiger partial charge is 0.375 e. The molecule has 0 atom stereocenters. The minimum atomic E-state index is 0.836. The molecule has 1 fully saturated rings. The molecular weight excluding hydrogens is 258 g/mol. The second kappa shape index (κ2) is 8.59. The third-order valence-electron chi connectivity index (χ3n) is 3.32. The second-order valence-corrected chi connectivity index (χ2v) is 6.05. The smallest absolute Gasteiger partial charge is 0.101 e. The van der Waals surface area contributed by atoms with Crippen LogP contribution in [0, 0.1) is 6.92 Å². The van der Waals surface area contributed by atoms with Crippen molar-refractivity contribution in [1.82, 2.24) is 0 Å². The van der Waals surface area contributed by atoms with E-state index in [2.05, 4.69) is 31.2 Å². The summed E-state index contributed by atoms with van der Waals surface area (Å²) in [6, 6.07) is 8.67. The average Bonchev–Trinajstić information content (AvgIpc) is 2.46. The summed E-state index contributed by atoms with van der Waals surface area (Å²) < 4.78 is 11.0. The molecule has 1 N–H and O–H groups in total. The van der Waals surface area contributed by atoms with E-state index in [9.17, 15) is 0 Å². The van der Waals surface area contributed by atoms with Crippen molar-refractivity contribution in [2.75, 3.05) is 51.8 Å². The highest BCUT2D eigenvalue weighted by molar-refractivity contribution is 7.99. The second-order valence-electron chi connectivity index (χ2n) is 4.89. The molecule has 3 nitrogen and oxygen atoms in total. The SMILES string of the molecule is Cc1ccc(SCCOCC[NH+]2CCOCC2)cc1. The highest BCUT2D eigenvalue weighted by atomic mass is 32.2. The van der Waals surface area contributed by atoms with E-state index < -0.39 is 0 Å². The Bertz CT molecular complexity index is 350. The standard InChI is InChI=1S/C15H23NO2S/c1-14-2-4-15(5-3-14)19-13-12-18-11-8-16-6-9-17-10-7-16/h2-5H,6-13H2,1H3/p+1. The minimum Gasteiger partial charge on any atom is -0.375 e. The van der Waals surface area contributed by atoms with Crippen molar-refractivity contribution in [2.45, 2.75) is 11.8 Å². The highest BCUT2D eigenvalue weighted by Gasteiger charge is 2.12. The molecule has 2 rings (SSSR count). The first kappa shape index (κ1) is 14.9. The number of rotatable bonds is 7. The quantitative estimate of drug-likeness (QED) is 0.596. The van der Waals surface area contributed by atoms with Crippen molar-refractivity contribution in [2.24, 2.45) is 0 Å². The van der Waals surface area contributed by atoms with Crippen molar-refractivity contribution in [3.05, 3.63) is 29.8 Å². The van der Waals surface area contributed by atoms with E-state index in [0.29, 0.717) is 0 Å². The molecule has 106 valence electrons. The van der Waals surface area contributed by atoms with Crippen LogP contribution in [-0.2, 0) is 9.47 Å². The molecule has 4 heteroatoms. The Morgan fingerprint density at radius 3 is 2.63 bits per heavy atom. The van der Waals surface area contributed by atoms with Gasteiger partial charge in [-0.3, -0.25) is 0 Å². The molecule has 1 aliphatic heterocycles. The van der Waals surface area contributed by atoms with E-state index in [1.807, 2.05) is 11.8 Å². The number of hydrogen-bond donors (Lipinski definition) is 1. The number of thioether (sulfide) groups is 1. The lowest BCUT2D eigenvalue weighted by molar-refractivity contribution is -0.908. The maximum absolute atomic E-state index is 5.70. The van der Waals surface area contributed by atoms with Gasteiger partial charge in [0.1, 0.15) is 19.6 Å². The van der Waals surface area contributed by atoms with E-state index in [0.717, 1.165) is 51.8 Å². The van der Waals surface area contributed by atoms with E-state index in [1.54, 1.807) is 4.90 Å². The normalized spacial score (nSPS) is 16.7. The van der Waals surface area contributed by atoms with Crippen LogP contribution >= 0.6 is 11.8 Å². The summed E-state index contributed by atoms with van der Waals surface area (Å²) >= 11 is 1.86. The molecule has 0 amide bonds. The van der Waals surface area contributed by atoms with E-state index >= 15 is 0 Å². The van der Waals surface area contributed by atoms with Gasteiger partial charge >= 0.3 is 0 Å². The molecule has 0 radical (unpaired) electrons. The van der Waals surface area contributed by atoms with E-state index in [4.69, 9.17) is 9.47 Å². The number of aryl methyl sites for hydroxylation is 1. The average molecular weight is 282 g/mol. The predicted molar refractivity (Wildman–Crippen MR) is 79.1 cm³/mol. The fraction of sp³-hybridized carbons (Fsp3) is 0.600. The minimum absolute atomic E-state index is 0.836. The Balaban J connectivity index is 1.49. The molecular formula is C15H24NO2S+. The zero-order valence-electron chi connectivity index (χ0n) is 11.7. The van der Waals surface area contributed by atoms with Gasteiger partial charge in [0.25, 0.3) is 0 Å². The van der Waals surface area contributed by atoms with Crippen LogP contribution in [0.5, 0.6) is 0 Å². The van der Waals surface area contributed by atoms with Gasteiger partial charge in [-0.25, -0.2) is 0 Å². The van der Waals surface area contributed by atoms with Gasteiger partial charge in [-0.15, -0.1) is 11.8 Å². The Hall–Kier alpha value is -0.550. The van der Waals surface area contributed by atoms with Crippen LogP contribution in [0.2, 0.25) is 0 Å². The lowest BCUT2D eigenvalue weighted by Crippen LogP contribution is -3.14. The molecule has 1 aromatic carbocycles. The lowest BCUT2D eigenvalue weighted by Gasteiger charge is -2.23. The molecule has 19 heavy (non-hydrogen) atoms. The Labute approximate surface area is 120 Å². The summed E-state index contributed by atoms with van der Waals surface area (Å²) in [5.41, 5.74) is 1.31. The van der Waals surface area contributed by atoms with Crippen LogP contribution in [0.25, 0.3) is 0 Å². The van der Waals surface area contributed by atoms with Gasteiger partial charge in [-0.05, 0) is 19.1 Å². The first-order valence-corrected chi connectivity index (χ1v) is 8.02. The fourth-order valence-electron chi connectivity index (χ4n) is 2.08. The van der Waals surface area contributed by atoms with Gasteiger partial charge in [0.05, 0.1) is 26.4 Å². The number of morpholine rings is 1. The van der Waals surface area contributed by atoms with Crippen LogP contribution in [-0.4, -0.2) is 51.8 Å². The molecule has 0 bridgehead atoms. The Kier molecular flexibility index (Phi) is 6.71. The summed E-state index contributed by atoms with van der Waals surface area (Å²) in [7, 11) is 0. The first-order chi connectivity index (χ1) is 9.34. The molecule has 0 aromatic heterocycles. The molecule has 1 saturated heterocycles. The molecule has 1 aromatic rings. The maximum Gasteiger partial charge on any atom is 0.101 e. The van der Waals surface area contributed by atoms with Gasteiger partial charge in [0, 0.05) is 10.6 Å². The number of nitrogens with one attached hydrogen (secondary N) is 1. The van der Waals surface area contributed by atoms with Crippen LogP contribution in [0.1, 0.15) is 5.56 Å². The molecule has 1 heterocycles. The van der Waals surface area contributed by atoms with Crippen molar-refractivity contribution >= 4 is 11.8 Å². The lowest BCUT2D eigenvalue weighted by atomic mass is 10.2. The number of ether oxygens (including phenoxy) is 2. The topological polar surface area (TPSA) is 22.9 Å². The summed E-state index contributed by atoms with van der Waals surface area (Å²) in [6.45, 7) is 8.98. The number of hydrogen-bond acceptors (Lipinski definition) is 3.